The van der Waals surface area contributed by atoms with E-state index < -0.39 is 0 Å². The second-order valence-electron chi connectivity index (χ2n) is 5.86. The summed E-state index contributed by atoms with van der Waals surface area (Å²) in [5.41, 5.74) is 0.872. The minimum Gasteiger partial charge on any atom is -0.508 e. The quantitative estimate of drug-likeness (QED) is 0.617. The average molecular weight is 320 g/mol. The van der Waals surface area contributed by atoms with E-state index in [4.69, 9.17) is 9.47 Å². The normalized spacial score (nSPS) is 10.6. The van der Waals surface area contributed by atoms with Gasteiger partial charge in [0.25, 0.3) is 0 Å². The van der Waals surface area contributed by atoms with Gasteiger partial charge in [0.15, 0.2) is 0 Å². The van der Waals surface area contributed by atoms with E-state index in [1.165, 1.54) is 0 Å². The minimum atomic E-state index is 0.232. The van der Waals surface area contributed by atoms with Crippen molar-refractivity contribution < 1.29 is 14.6 Å². The highest BCUT2D eigenvalue weighted by atomic mass is 16.5. The Labute approximate surface area is 142 Å². The van der Waals surface area contributed by atoms with Crippen LogP contribution in [-0.4, -0.2) is 5.11 Å². The molecule has 3 rings (SSSR count). The van der Waals surface area contributed by atoms with E-state index >= 15 is 0 Å². The molecule has 0 aliphatic rings. The predicted octanol–water partition coefficient (Wildman–Crippen LogP) is 6.10. The van der Waals surface area contributed by atoms with Crippen molar-refractivity contribution in [2.45, 2.75) is 19.8 Å². The summed E-state index contributed by atoms with van der Waals surface area (Å²) >= 11 is 0. The Hall–Kier alpha value is -2.94. The Kier molecular flexibility index (Phi) is 4.71. The smallest absolute Gasteiger partial charge is 0.127 e. The van der Waals surface area contributed by atoms with Crippen molar-refractivity contribution in [1.29, 1.82) is 0 Å². The molecule has 1 N–H and O–H groups in total. The Morgan fingerprint density at radius 2 is 1.17 bits per heavy atom. The lowest BCUT2D eigenvalue weighted by Crippen LogP contribution is -1.91. The molecule has 0 heterocycles. The maximum absolute atomic E-state index is 9.88. The lowest BCUT2D eigenvalue weighted by molar-refractivity contribution is 0.453. The molecule has 0 atom stereocenters. The van der Waals surface area contributed by atoms with Crippen LogP contribution in [0.25, 0.3) is 0 Å². The van der Waals surface area contributed by atoms with Gasteiger partial charge in [-0.05, 0) is 60.5 Å². The molecule has 3 nitrogen and oxygen atoms in total. The van der Waals surface area contributed by atoms with Gasteiger partial charge in [-0.1, -0.05) is 32.0 Å². The number of phenolic OH excluding ortho intramolecular Hbond substituents is 1. The van der Waals surface area contributed by atoms with Crippen LogP contribution in [0.5, 0.6) is 28.7 Å². The molecule has 0 amide bonds. The van der Waals surface area contributed by atoms with Gasteiger partial charge in [-0.3, -0.25) is 0 Å². The van der Waals surface area contributed by atoms with Crippen molar-refractivity contribution in [3.63, 3.8) is 0 Å². The number of rotatable bonds is 5. The molecule has 24 heavy (non-hydrogen) atoms. The van der Waals surface area contributed by atoms with Gasteiger partial charge in [-0.15, -0.1) is 0 Å². The zero-order chi connectivity index (χ0) is 16.9. The molecule has 0 fully saturated rings. The fourth-order valence-corrected chi connectivity index (χ4v) is 2.39. The minimum absolute atomic E-state index is 0.232. The molecule has 122 valence electrons. The predicted molar refractivity (Wildman–Crippen MR) is 95.2 cm³/mol. The van der Waals surface area contributed by atoms with Gasteiger partial charge in [0.1, 0.15) is 28.7 Å². The molecule has 0 saturated heterocycles. The number of hydrogen-bond donors (Lipinski definition) is 1. The average Bonchev–Trinajstić information content (AvgIpc) is 2.59. The van der Waals surface area contributed by atoms with Crippen molar-refractivity contribution in [3.8, 4) is 28.7 Å². The molecule has 3 heteroatoms. The fourth-order valence-electron chi connectivity index (χ4n) is 2.39. The molecule has 3 aromatic carbocycles. The largest absolute Gasteiger partial charge is 0.508 e. The summed E-state index contributed by atoms with van der Waals surface area (Å²) in [5.74, 6) is 3.50. The van der Waals surface area contributed by atoms with E-state index in [2.05, 4.69) is 0 Å². The van der Waals surface area contributed by atoms with Crippen molar-refractivity contribution in [2.24, 2.45) is 0 Å². The summed E-state index contributed by atoms with van der Waals surface area (Å²) in [6.07, 6.45) is 0. The molecule has 0 spiro atoms. The molecule has 0 saturated carbocycles. The van der Waals surface area contributed by atoms with Crippen LogP contribution in [0, 0.1) is 0 Å². The Bertz CT molecular complexity index is 793. The summed E-state index contributed by atoms with van der Waals surface area (Å²) < 4.78 is 11.6. The second kappa shape index (κ2) is 7.09. The SMILES string of the molecule is CC(C)c1cc(Oc2ccc(Oc3ccccc3)cc2)ccc1O. The lowest BCUT2D eigenvalue weighted by atomic mass is 10.0. The number of phenols is 1. The zero-order valence-corrected chi connectivity index (χ0v) is 13.8. The van der Waals surface area contributed by atoms with E-state index in [-0.39, 0.29) is 5.92 Å². The summed E-state index contributed by atoms with van der Waals surface area (Å²) in [7, 11) is 0. The van der Waals surface area contributed by atoms with Crippen molar-refractivity contribution in [1.82, 2.24) is 0 Å². The maximum Gasteiger partial charge on any atom is 0.127 e. The fraction of sp³-hybridized carbons (Fsp3) is 0.143. The van der Waals surface area contributed by atoms with Crippen LogP contribution in [0.2, 0.25) is 0 Å². The Morgan fingerprint density at radius 1 is 0.667 bits per heavy atom. The monoisotopic (exact) mass is 320 g/mol. The third-order valence-electron chi connectivity index (χ3n) is 3.66. The highest BCUT2D eigenvalue weighted by Gasteiger charge is 2.08. The van der Waals surface area contributed by atoms with E-state index in [1.54, 1.807) is 12.1 Å². The molecular weight excluding hydrogens is 300 g/mol. The standard InChI is InChI=1S/C21H20O3/c1-15(2)20-14-19(12-13-21(20)22)24-18-10-8-17(9-11-18)23-16-6-4-3-5-7-16/h3-15,22H,1-2H3. The highest BCUT2D eigenvalue weighted by Crippen LogP contribution is 2.32. The zero-order valence-electron chi connectivity index (χ0n) is 13.8. The summed E-state index contributed by atoms with van der Waals surface area (Å²) in [5, 5.41) is 9.88. The summed E-state index contributed by atoms with van der Waals surface area (Å²) in [4.78, 5) is 0. The topological polar surface area (TPSA) is 38.7 Å². The Morgan fingerprint density at radius 3 is 1.75 bits per heavy atom. The van der Waals surface area contributed by atoms with Gasteiger partial charge in [-0.2, -0.15) is 0 Å². The third kappa shape index (κ3) is 3.87. The van der Waals surface area contributed by atoms with Gasteiger partial charge in [0, 0.05) is 5.56 Å². The van der Waals surface area contributed by atoms with Crippen LogP contribution >= 0.6 is 0 Å². The first kappa shape index (κ1) is 15.9. The van der Waals surface area contributed by atoms with Crippen molar-refractivity contribution >= 4 is 0 Å². The van der Waals surface area contributed by atoms with Gasteiger partial charge < -0.3 is 14.6 Å². The molecular formula is C21H20O3. The number of aromatic hydroxyl groups is 1. The van der Waals surface area contributed by atoms with Crippen LogP contribution in [0.4, 0.5) is 0 Å². The van der Waals surface area contributed by atoms with Gasteiger partial charge in [-0.25, -0.2) is 0 Å². The molecule has 0 aromatic heterocycles. The van der Waals surface area contributed by atoms with E-state index in [9.17, 15) is 5.11 Å². The number of para-hydroxylation sites is 1. The highest BCUT2D eigenvalue weighted by molar-refractivity contribution is 5.43. The first-order valence-electron chi connectivity index (χ1n) is 7.95. The lowest BCUT2D eigenvalue weighted by Gasteiger charge is -2.12. The van der Waals surface area contributed by atoms with Crippen molar-refractivity contribution in [2.75, 3.05) is 0 Å². The van der Waals surface area contributed by atoms with Crippen LogP contribution in [0.15, 0.2) is 72.8 Å². The van der Waals surface area contributed by atoms with Gasteiger partial charge in [0.2, 0.25) is 0 Å². The van der Waals surface area contributed by atoms with Crippen LogP contribution in [0.3, 0.4) is 0 Å². The molecule has 0 unspecified atom stereocenters. The first-order chi connectivity index (χ1) is 11.6. The van der Waals surface area contributed by atoms with Crippen LogP contribution in [0.1, 0.15) is 25.3 Å². The third-order valence-corrected chi connectivity index (χ3v) is 3.66. The molecule has 3 aromatic rings. The molecule has 0 radical (unpaired) electrons. The molecule has 0 aliphatic carbocycles. The molecule has 0 aliphatic heterocycles. The number of benzene rings is 3. The van der Waals surface area contributed by atoms with Gasteiger partial charge in [0.05, 0.1) is 0 Å². The van der Waals surface area contributed by atoms with E-state index in [0.717, 1.165) is 22.8 Å². The number of hydrogen-bond acceptors (Lipinski definition) is 3. The first-order valence-corrected chi connectivity index (χ1v) is 7.95. The second-order valence-corrected chi connectivity index (χ2v) is 5.86. The van der Waals surface area contributed by atoms with Crippen LogP contribution in [-0.2, 0) is 0 Å². The summed E-state index contributed by atoms with van der Waals surface area (Å²) in [6.45, 7) is 4.07. The van der Waals surface area contributed by atoms with Crippen molar-refractivity contribution in [3.05, 3.63) is 78.4 Å². The molecule has 0 bridgehead atoms. The van der Waals surface area contributed by atoms with Crippen LogP contribution < -0.4 is 9.47 Å². The van der Waals surface area contributed by atoms with Gasteiger partial charge >= 0.3 is 0 Å². The maximum atomic E-state index is 9.88. The number of ether oxygens (including phenoxy) is 2. The van der Waals surface area contributed by atoms with E-state index in [0.29, 0.717) is 11.5 Å². The van der Waals surface area contributed by atoms with E-state index in [1.807, 2.05) is 74.5 Å². The summed E-state index contributed by atoms with van der Waals surface area (Å²) in [6, 6.07) is 22.4. The Balaban J connectivity index is 1.71.